The van der Waals surface area contributed by atoms with Crippen molar-refractivity contribution >= 4 is 21.4 Å². The van der Waals surface area contributed by atoms with Crippen LogP contribution in [0, 0.1) is 6.92 Å². The lowest BCUT2D eigenvalue weighted by Gasteiger charge is -2.08. The molecule has 0 aliphatic rings. The van der Waals surface area contributed by atoms with E-state index in [0.717, 1.165) is 0 Å². The molecule has 0 bridgehead atoms. The maximum absolute atomic E-state index is 3.28. The topological polar surface area (TPSA) is 12.0 Å². The molecule has 2 rings (SSSR count). The van der Waals surface area contributed by atoms with E-state index in [1.807, 2.05) is 18.4 Å². The van der Waals surface area contributed by atoms with Crippen LogP contribution in [-0.2, 0) is 0 Å². The van der Waals surface area contributed by atoms with E-state index in [2.05, 4.69) is 42.7 Å². The minimum absolute atomic E-state index is 0.437. The van der Waals surface area contributed by atoms with Gasteiger partial charge in [0.1, 0.15) is 0 Å². The second-order valence-corrected chi connectivity index (χ2v) is 4.61. The van der Waals surface area contributed by atoms with Gasteiger partial charge in [0.05, 0.1) is 0 Å². The first-order valence-electron chi connectivity index (χ1n) is 4.87. The fourth-order valence-corrected chi connectivity index (χ4v) is 2.80. The molecule has 1 aromatic carbocycles. The van der Waals surface area contributed by atoms with Gasteiger partial charge < -0.3 is 5.32 Å². The van der Waals surface area contributed by atoms with Crippen molar-refractivity contribution in [1.82, 2.24) is 5.32 Å². The van der Waals surface area contributed by atoms with E-state index in [1.54, 1.807) is 0 Å². The fourth-order valence-electron chi connectivity index (χ4n) is 1.65. The highest BCUT2D eigenvalue weighted by molar-refractivity contribution is 7.17. The molecule has 0 aliphatic heterocycles. The summed E-state index contributed by atoms with van der Waals surface area (Å²) in [5.74, 6) is 0. The number of thiophene rings is 1. The second-order valence-electron chi connectivity index (χ2n) is 3.70. The Morgan fingerprint density at radius 1 is 1.36 bits per heavy atom. The van der Waals surface area contributed by atoms with Crippen molar-refractivity contribution in [2.24, 2.45) is 0 Å². The SMILES string of the molecule is CNC(C)c1csc2cc(C)ccc12. The number of aryl methyl sites for hydroxylation is 1. The van der Waals surface area contributed by atoms with Crippen molar-refractivity contribution in [3.05, 3.63) is 34.7 Å². The predicted octanol–water partition coefficient (Wildman–Crippen LogP) is 3.49. The highest BCUT2D eigenvalue weighted by Crippen LogP contribution is 2.30. The number of nitrogens with one attached hydrogen (secondary N) is 1. The van der Waals surface area contributed by atoms with Gasteiger partial charge in [-0.2, -0.15) is 0 Å². The summed E-state index contributed by atoms with van der Waals surface area (Å²) >= 11 is 1.83. The third kappa shape index (κ3) is 1.56. The van der Waals surface area contributed by atoms with E-state index < -0.39 is 0 Å². The number of rotatable bonds is 2. The molecule has 2 aromatic rings. The summed E-state index contributed by atoms with van der Waals surface area (Å²) in [4.78, 5) is 0. The molecule has 0 spiro atoms. The molecule has 1 unspecified atom stereocenters. The van der Waals surface area contributed by atoms with E-state index in [0.29, 0.717) is 6.04 Å². The van der Waals surface area contributed by atoms with Crippen molar-refractivity contribution in [2.45, 2.75) is 19.9 Å². The van der Waals surface area contributed by atoms with Gasteiger partial charge in [-0.3, -0.25) is 0 Å². The first kappa shape index (κ1) is 9.69. The van der Waals surface area contributed by atoms with Crippen LogP contribution in [0.15, 0.2) is 23.6 Å². The normalized spacial score (nSPS) is 13.4. The average Bonchev–Trinajstić information content (AvgIpc) is 2.59. The third-order valence-corrected chi connectivity index (χ3v) is 3.62. The van der Waals surface area contributed by atoms with Gasteiger partial charge in [0, 0.05) is 10.7 Å². The lowest BCUT2D eigenvalue weighted by molar-refractivity contribution is 0.659. The molecule has 1 heterocycles. The van der Waals surface area contributed by atoms with Gasteiger partial charge in [0.2, 0.25) is 0 Å². The standard InChI is InChI=1S/C12H15NS/c1-8-4-5-10-11(9(2)13-3)7-14-12(10)6-8/h4-7,9,13H,1-3H3. The lowest BCUT2D eigenvalue weighted by Crippen LogP contribution is -2.11. The Morgan fingerprint density at radius 3 is 2.86 bits per heavy atom. The maximum atomic E-state index is 3.28. The summed E-state index contributed by atoms with van der Waals surface area (Å²) in [6.45, 7) is 4.34. The lowest BCUT2D eigenvalue weighted by atomic mass is 10.1. The largest absolute Gasteiger partial charge is 0.313 e. The molecule has 0 saturated heterocycles. The summed E-state index contributed by atoms with van der Waals surface area (Å²) in [5, 5.41) is 6.93. The van der Waals surface area contributed by atoms with E-state index in [4.69, 9.17) is 0 Å². The molecule has 0 fully saturated rings. The highest BCUT2D eigenvalue weighted by atomic mass is 32.1. The molecule has 74 valence electrons. The molecule has 0 amide bonds. The second kappa shape index (κ2) is 3.71. The minimum Gasteiger partial charge on any atom is -0.313 e. The van der Waals surface area contributed by atoms with Crippen molar-refractivity contribution in [1.29, 1.82) is 0 Å². The van der Waals surface area contributed by atoms with Gasteiger partial charge >= 0.3 is 0 Å². The van der Waals surface area contributed by atoms with Crippen LogP contribution in [0.1, 0.15) is 24.1 Å². The Bertz CT molecular complexity index is 445. The summed E-state index contributed by atoms with van der Waals surface area (Å²) in [5.41, 5.74) is 2.75. The van der Waals surface area contributed by atoms with Gasteiger partial charge in [-0.25, -0.2) is 0 Å². The van der Waals surface area contributed by atoms with Crippen LogP contribution in [0.2, 0.25) is 0 Å². The van der Waals surface area contributed by atoms with Gasteiger partial charge in [-0.05, 0) is 48.9 Å². The molecule has 1 atom stereocenters. The average molecular weight is 205 g/mol. The molecule has 1 aromatic heterocycles. The number of hydrogen-bond donors (Lipinski definition) is 1. The molecule has 0 saturated carbocycles. The summed E-state index contributed by atoms with van der Waals surface area (Å²) in [6.07, 6.45) is 0. The van der Waals surface area contributed by atoms with Crippen molar-refractivity contribution in [3.8, 4) is 0 Å². The summed E-state index contributed by atoms with van der Waals surface area (Å²) in [6, 6.07) is 7.10. The van der Waals surface area contributed by atoms with Crippen LogP contribution in [0.25, 0.3) is 10.1 Å². The minimum atomic E-state index is 0.437. The van der Waals surface area contributed by atoms with Crippen molar-refractivity contribution in [3.63, 3.8) is 0 Å². The van der Waals surface area contributed by atoms with Gasteiger partial charge in [-0.1, -0.05) is 12.1 Å². The summed E-state index contributed by atoms with van der Waals surface area (Å²) < 4.78 is 1.39. The van der Waals surface area contributed by atoms with Gasteiger partial charge in [0.25, 0.3) is 0 Å². The van der Waals surface area contributed by atoms with Crippen molar-refractivity contribution in [2.75, 3.05) is 7.05 Å². The predicted molar refractivity (Wildman–Crippen MR) is 64.0 cm³/mol. The zero-order valence-electron chi connectivity index (χ0n) is 8.79. The Hall–Kier alpha value is -0.860. The number of fused-ring (bicyclic) bond motifs is 1. The molecule has 1 N–H and O–H groups in total. The maximum Gasteiger partial charge on any atom is 0.0348 e. The van der Waals surface area contributed by atoms with Crippen LogP contribution in [0.3, 0.4) is 0 Å². The molecular formula is C12H15NS. The molecular weight excluding hydrogens is 190 g/mol. The number of hydrogen-bond acceptors (Lipinski definition) is 2. The van der Waals surface area contributed by atoms with Crippen LogP contribution in [0.4, 0.5) is 0 Å². The van der Waals surface area contributed by atoms with E-state index in [-0.39, 0.29) is 0 Å². The zero-order chi connectivity index (χ0) is 10.1. The molecule has 1 nitrogen and oxygen atoms in total. The molecule has 14 heavy (non-hydrogen) atoms. The van der Waals surface area contributed by atoms with Crippen LogP contribution in [-0.4, -0.2) is 7.05 Å². The van der Waals surface area contributed by atoms with Gasteiger partial charge in [-0.15, -0.1) is 11.3 Å². The number of benzene rings is 1. The first-order chi connectivity index (χ1) is 6.72. The van der Waals surface area contributed by atoms with Gasteiger partial charge in [0.15, 0.2) is 0 Å². The highest BCUT2D eigenvalue weighted by Gasteiger charge is 2.08. The quantitative estimate of drug-likeness (QED) is 0.791. The molecule has 0 aliphatic carbocycles. The van der Waals surface area contributed by atoms with Crippen LogP contribution in [0.5, 0.6) is 0 Å². The zero-order valence-corrected chi connectivity index (χ0v) is 9.61. The Kier molecular flexibility index (Phi) is 2.57. The molecule has 2 heteroatoms. The Balaban J connectivity index is 2.58. The monoisotopic (exact) mass is 205 g/mol. The summed E-state index contributed by atoms with van der Waals surface area (Å²) in [7, 11) is 2.00. The first-order valence-corrected chi connectivity index (χ1v) is 5.75. The fraction of sp³-hybridized carbons (Fsp3) is 0.333. The Labute approximate surface area is 88.8 Å². The van der Waals surface area contributed by atoms with E-state index in [9.17, 15) is 0 Å². The van der Waals surface area contributed by atoms with Crippen LogP contribution >= 0.6 is 11.3 Å². The van der Waals surface area contributed by atoms with E-state index >= 15 is 0 Å². The molecule has 0 radical (unpaired) electrons. The van der Waals surface area contributed by atoms with Crippen molar-refractivity contribution < 1.29 is 0 Å². The third-order valence-electron chi connectivity index (χ3n) is 2.66. The smallest absolute Gasteiger partial charge is 0.0348 e. The Morgan fingerprint density at radius 2 is 2.14 bits per heavy atom. The van der Waals surface area contributed by atoms with E-state index in [1.165, 1.54) is 21.2 Å². The van der Waals surface area contributed by atoms with Crippen LogP contribution < -0.4 is 5.32 Å².